The van der Waals surface area contributed by atoms with E-state index in [0.717, 1.165) is 27.6 Å². The van der Waals surface area contributed by atoms with Crippen molar-refractivity contribution in [2.24, 2.45) is 0 Å². The minimum atomic E-state index is 0.630. The topological polar surface area (TPSA) is 52.7 Å². The predicted molar refractivity (Wildman–Crippen MR) is 82.0 cm³/mol. The van der Waals surface area contributed by atoms with Crippen molar-refractivity contribution in [3.8, 4) is 23.0 Å². The molecule has 3 aromatic rings. The third kappa shape index (κ3) is 1.85. The molecule has 110 valence electrons. The highest BCUT2D eigenvalue weighted by atomic mass is 16.5. The molecule has 0 amide bonds. The van der Waals surface area contributed by atoms with Gasteiger partial charge in [0, 0.05) is 11.5 Å². The second-order valence-corrected chi connectivity index (χ2v) is 4.57. The van der Waals surface area contributed by atoms with Gasteiger partial charge in [0.1, 0.15) is 11.5 Å². The zero-order valence-electron chi connectivity index (χ0n) is 12.4. The highest BCUT2D eigenvalue weighted by molar-refractivity contribution is 6.14. The molecule has 0 fully saturated rings. The Morgan fingerprint density at radius 2 is 1.48 bits per heavy atom. The maximum atomic E-state index is 5.55. The summed E-state index contributed by atoms with van der Waals surface area (Å²) in [4.78, 5) is 3.36. The van der Waals surface area contributed by atoms with Crippen LogP contribution in [-0.2, 0) is 0 Å². The van der Waals surface area contributed by atoms with Crippen LogP contribution in [0.1, 0.15) is 0 Å². The van der Waals surface area contributed by atoms with Crippen LogP contribution >= 0.6 is 0 Å². The molecule has 0 atom stereocenters. The molecule has 1 heterocycles. The first kappa shape index (κ1) is 13.4. The smallest absolute Gasteiger partial charge is 0.170 e. The highest BCUT2D eigenvalue weighted by Gasteiger charge is 2.20. The number of H-pyrrole nitrogens is 1. The molecule has 0 aliphatic rings. The molecule has 2 aromatic carbocycles. The zero-order valence-corrected chi connectivity index (χ0v) is 12.4. The maximum Gasteiger partial charge on any atom is 0.170 e. The number of hydrogen-bond donors (Lipinski definition) is 1. The van der Waals surface area contributed by atoms with Gasteiger partial charge in [0.2, 0.25) is 0 Å². The molecule has 0 aliphatic heterocycles. The van der Waals surface area contributed by atoms with Gasteiger partial charge in [0.05, 0.1) is 44.9 Å². The van der Waals surface area contributed by atoms with Crippen molar-refractivity contribution >= 4 is 21.8 Å². The fraction of sp³-hybridized carbons (Fsp3) is 0.250. The van der Waals surface area contributed by atoms with E-state index in [9.17, 15) is 0 Å². The molecule has 0 spiro atoms. The number of ether oxygens (including phenoxy) is 4. The van der Waals surface area contributed by atoms with E-state index in [0.29, 0.717) is 17.2 Å². The Kier molecular flexibility index (Phi) is 3.25. The molecule has 0 unspecified atom stereocenters. The summed E-state index contributed by atoms with van der Waals surface area (Å²) in [5.74, 6) is 2.77. The van der Waals surface area contributed by atoms with Crippen molar-refractivity contribution in [3.63, 3.8) is 0 Å². The van der Waals surface area contributed by atoms with E-state index < -0.39 is 0 Å². The third-order valence-corrected chi connectivity index (χ3v) is 3.62. The molecule has 0 aliphatic carbocycles. The first-order valence-corrected chi connectivity index (χ1v) is 6.52. The van der Waals surface area contributed by atoms with Crippen LogP contribution in [0.15, 0.2) is 24.3 Å². The number of hydrogen-bond acceptors (Lipinski definition) is 4. The second-order valence-electron chi connectivity index (χ2n) is 4.57. The molecule has 0 saturated carbocycles. The van der Waals surface area contributed by atoms with E-state index >= 15 is 0 Å². The largest absolute Gasteiger partial charge is 0.495 e. The Morgan fingerprint density at radius 1 is 0.762 bits per heavy atom. The van der Waals surface area contributed by atoms with E-state index in [1.165, 1.54) is 0 Å². The SMILES string of the molecule is COc1cc(OC)c2[nH]c3c(OC)cccc3c2c1OC. The van der Waals surface area contributed by atoms with Gasteiger partial charge in [-0.25, -0.2) is 0 Å². The average Bonchev–Trinajstić information content (AvgIpc) is 2.92. The summed E-state index contributed by atoms with van der Waals surface area (Å²) in [6.45, 7) is 0. The predicted octanol–water partition coefficient (Wildman–Crippen LogP) is 3.36. The van der Waals surface area contributed by atoms with Crippen LogP contribution < -0.4 is 18.9 Å². The molecule has 0 saturated heterocycles. The number of methoxy groups -OCH3 is 4. The van der Waals surface area contributed by atoms with E-state index in [-0.39, 0.29) is 0 Å². The number of aromatic amines is 1. The van der Waals surface area contributed by atoms with Crippen molar-refractivity contribution in [3.05, 3.63) is 24.3 Å². The summed E-state index contributed by atoms with van der Waals surface area (Å²) in [6.07, 6.45) is 0. The molecular weight excluding hydrogens is 270 g/mol. The minimum absolute atomic E-state index is 0.630. The maximum absolute atomic E-state index is 5.55. The van der Waals surface area contributed by atoms with E-state index in [4.69, 9.17) is 18.9 Å². The van der Waals surface area contributed by atoms with Crippen LogP contribution in [0.2, 0.25) is 0 Å². The molecule has 5 heteroatoms. The molecule has 0 bridgehead atoms. The van der Waals surface area contributed by atoms with E-state index in [1.54, 1.807) is 28.4 Å². The van der Waals surface area contributed by atoms with Gasteiger partial charge < -0.3 is 23.9 Å². The van der Waals surface area contributed by atoms with Crippen molar-refractivity contribution in [2.45, 2.75) is 0 Å². The third-order valence-electron chi connectivity index (χ3n) is 3.62. The summed E-state index contributed by atoms with van der Waals surface area (Å²) in [7, 11) is 6.51. The van der Waals surface area contributed by atoms with Crippen LogP contribution in [0, 0.1) is 0 Å². The first-order valence-electron chi connectivity index (χ1n) is 6.52. The average molecular weight is 287 g/mol. The number of nitrogens with one attached hydrogen (secondary N) is 1. The van der Waals surface area contributed by atoms with Gasteiger partial charge in [-0.15, -0.1) is 0 Å². The van der Waals surface area contributed by atoms with Crippen molar-refractivity contribution in [2.75, 3.05) is 28.4 Å². The second kappa shape index (κ2) is 5.09. The Balaban J connectivity index is 2.53. The summed E-state index contributed by atoms with van der Waals surface area (Å²) < 4.78 is 21.8. The highest BCUT2D eigenvalue weighted by Crippen LogP contribution is 2.45. The van der Waals surface area contributed by atoms with Gasteiger partial charge in [-0.05, 0) is 6.07 Å². The molecule has 0 radical (unpaired) electrons. The number of rotatable bonds is 4. The lowest BCUT2D eigenvalue weighted by molar-refractivity contribution is 0.354. The van der Waals surface area contributed by atoms with Gasteiger partial charge in [-0.1, -0.05) is 12.1 Å². The Morgan fingerprint density at radius 3 is 2.10 bits per heavy atom. The minimum Gasteiger partial charge on any atom is -0.495 e. The lowest BCUT2D eigenvalue weighted by atomic mass is 10.1. The molecule has 5 nitrogen and oxygen atoms in total. The standard InChI is InChI=1S/C16H17NO4/c1-18-10-7-5-6-9-13-15(17-14(9)10)11(19-2)8-12(20-3)16(13)21-4/h5-8,17H,1-4H3. The lowest BCUT2D eigenvalue weighted by Gasteiger charge is -2.11. The molecule has 1 N–H and O–H groups in total. The van der Waals surface area contributed by atoms with Crippen LogP contribution in [0.5, 0.6) is 23.0 Å². The van der Waals surface area contributed by atoms with Crippen LogP contribution in [-0.4, -0.2) is 33.4 Å². The Bertz CT molecular complexity index is 807. The molecular formula is C16H17NO4. The van der Waals surface area contributed by atoms with Gasteiger partial charge in [0.25, 0.3) is 0 Å². The number of para-hydroxylation sites is 1. The van der Waals surface area contributed by atoms with Crippen molar-refractivity contribution in [1.29, 1.82) is 0 Å². The van der Waals surface area contributed by atoms with Crippen molar-refractivity contribution in [1.82, 2.24) is 4.98 Å². The molecule has 1 aromatic heterocycles. The van der Waals surface area contributed by atoms with Gasteiger partial charge in [0.15, 0.2) is 11.5 Å². The number of benzene rings is 2. The summed E-state index contributed by atoms with van der Waals surface area (Å²) in [5.41, 5.74) is 1.76. The normalized spacial score (nSPS) is 10.9. The summed E-state index contributed by atoms with van der Waals surface area (Å²) >= 11 is 0. The monoisotopic (exact) mass is 287 g/mol. The van der Waals surface area contributed by atoms with Gasteiger partial charge >= 0.3 is 0 Å². The Labute approximate surface area is 122 Å². The summed E-state index contributed by atoms with van der Waals surface area (Å²) in [5, 5.41) is 1.92. The summed E-state index contributed by atoms with van der Waals surface area (Å²) in [6, 6.07) is 7.68. The van der Waals surface area contributed by atoms with Crippen molar-refractivity contribution < 1.29 is 18.9 Å². The fourth-order valence-corrected chi connectivity index (χ4v) is 2.68. The fourth-order valence-electron chi connectivity index (χ4n) is 2.68. The van der Waals surface area contributed by atoms with Gasteiger partial charge in [-0.3, -0.25) is 0 Å². The number of fused-ring (bicyclic) bond motifs is 3. The van der Waals surface area contributed by atoms with Crippen LogP contribution in [0.4, 0.5) is 0 Å². The van der Waals surface area contributed by atoms with Crippen LogP contribution in [0.3, 0.4) is 0 Å². The molecule has 3 rings (SSSR count). The Hall–Kier alpha value is -2.56. The quantitative estimate of drug-likeness (QED) is 0.799. The lowest BCUT2D eigenvalue weighted by Crippen LogP contribution is -1.93. The molecule has 21 heavy (non-hydrogen) atoms. The van der Waals surface area contributed by atoms with E-state index in [2.05, 4.69) is 4.98 Å². The van der Waals surface area contributed by atoms with Crippen LogP contribution in [0.25, 0.3) is 21.8 Å². The van der Waals surface area contributed by atoms with Gasteiger partial charge in [-0.2, -0.15) is 0 Å². The number of aromatic nitrogens is 1. The zero-order chi connectivity index (χ0) is 15.0. The first-order chi connectivity index (χ1) is 10.2. The van der Waals surface area contributed by atoms with E-state index in [1.807, 2.05) is 24.3 Å².